The van der Waals surface area contributed by atoms with Crippen LogP contribution in [0.1, 0.15) is 74.5 Å². The molecule has 258 valence electrons. The molecule has 10 nitrogen and oxygen atoms in total. The standard InChI is InChI=1S/C40H41N3O7/c1-7-49-39(48)40(33-15-11-10-14-31(33)38(47)43(40)6)24-50-35(44)23-26-16-21-34(32(22-26)37(46)42(4)5)41-36(45)30-13-9-8-12-29(30)28-19-17-27(18-20-28)25(2)3/h8-22,25H,7,23-24H2,1-6H3,(H,41,45)/t40-/m0/s1. The molecular formula is C40H41N3O7. The van der Waals surface area contributed by atoms with Gasteiger partial charge in [0.05, 0.1) is 24.3 Å². The molecule has 0 aliphatic carbocycles. The van der Waals surface area contributed by atoms with Gasteiger partial charge < -0.3 is 24.6 Å². The fraction of sp³-hybridized carbons (Fsp3) is 0.275. The third-order valence-electron chi connectivity index (χ3n) is 8.91. The van der Waals surface area contributed by atoms with Gasteiger partial charge in [0.25, 0.3) is 17.7 Å². The first-order chi connectivity index (χ1) is 23.9. The predicted molar refractivity (Wildman–Crippen MR) is 190 cm³/mol. The highest BCUT2D eigenvalue weighted by molar-refractivity contribution is 6.12. The molecule has 1 heterocycles. The lowest BCUT2D eigenvalue weighted by Crippen LogP contribution is -2.52. The van der Waals surface area contributed by atoms with E-state index >= 15 is 0 Å². The first-order valence-corrected chi connectivity index (χ1v) is 16.4. The number of carbonyl (C=O) groups excluding carboxylic acids is 5. The molecule has 3 amide bonds. The number of carbonyl (C=O) groups is 5. The van der Waals surface area contributed by atoms with Crippen molar-refractivity contribution < 1.29 is 33.4 Å². The third-order valence-corrected chi connectivity index (χ3v) is 8.91. The maximum atomic E-state index is 13.7. The van der Waals surface area contributed by atoms with Gasteiger partial charge in [-0.05, 0) is 59.4 Å². The normalized spacial score (nSPS) is 15.0. The van der Waals surface area contributed by atoms with Gasteiger partial charge in [-0.25, -0.2) is 4.79 Å². The monoisotopic (exact) mass is 675 g/mol. The average Bonchev–Trinajstić information content (AvgIpc) is 3.33. The Morgan fingerprint density at radius 1 is 0.840 bits per heavy atom. The fourth-order valence-electron chi connectivity index (χ4n) is 6.10. The smallest absolute Gasteiger partial charge is 0.340 e. The lowest BCUT2D eigenvalue weighted by atomic mass is 9.90. The van der Waals surface area contributed by atoms with Crippen molar-refractivity contribution in [2.75, 3.05) is 39.7 Å². The number of amides is 3. The Kier molecular flexibility index (Phi) is 10.5. The molecule has 0 aromatic heterocycles. The molecule has 1 aliphatic rings. The Hall–Kier alpha value is -5.77. The van der Waals surface area contributed by atoms with Crippen LogP contribution < -0.4 is 5.32 Å². The molecule has 10 heteroatoms. The van der Waals surface area contributed by atoms with Crippen LogP contribution in [0, 0.1) is 0 Å². The van der Waals surface area contributed by atoms with Crippen molar-refractivity contribution >= 4 is 35.3 Å². The molecule has 5 rings (SSSR count). The van der Waals surface area contributed by atoms with Crippen LogP contribution in [0.3, 0.4) is 0 Å². The molecular weight excluding hydrogens is 634 g/mol. The Morgan fingerprint density at radius 3 is 2.16 bits per heavy atom. The summed E-state index contributed by atoms with van der Waals surface area (Å²) in [6.07, 6.45) is -0.241. The van der Waals surface area contributed by atoms with Crippen molar-refractivity contribution in [3.8, 4) is 11.1 Å². The fourth-order valence-corrected chi connectivity index (χ4v) is 6.10. The molecule has 0 unspecified atom stereocenters. The summed E-state index contributed by atoms with van der Waals surface area (Å²) < 4.78 is 11.0. The Morgan fingerprint density at radius 2 is 1.50 bits per heavy atom. The van der Waals surface area contributed by atoms with E-state index in [4.69, 9.17) is 9.47 Å². The first-order valence-electron chi connectivity index (χ1n) is 16.4. The number of esters is 2. The van der Waals surface area contributed by atoms with Crippen LogP contribution in [0.4, 0.5) is 5.69 Å². The summed E-state index contributed by atoms with van der Waals surface area (Å²) in [5.74, 6) is -2.18. The summed E-state index contributed by atoms with van der Waals surface area (Å²) in [4.78, 5) is 69.3. The second-order valence-electron chi connectivity index (χ2n) is 12.7. The van der Waals surface area contributed by atoms with Gasteiger partial charge in [0.1, 0.15) is 6.61 Å². The van der Waals surface area contributed by atoms with E-state index in [2.05, 4.69) is 19.2 Å². The van der Waals surface area contributed by atoms with Gasteiger partial charge >= 0.3 is 11.9 Å². The molecule has 4 aromatic rings. The summed E-state index contributed by atoms with van der Waals surface area (Å²) in [5.41, 5.74) is 3.26. The molecule has 4 aromatic carbocycles. The van der Waals surface area contributed by atoms with Crippen LogP contribution in [-0.2, 0) is 31.0 Å². The number of rotatable bonds is 11. The molecule has 0 saturated carbocycles. The minimum absolute atomic E-state index is 0.0707. The number of fused-ring (bicyclic) bond motifs is 1. The lowest BCUT2D eigenvalue weighted by molar-refractivity contribution is -0.163. The van der Waals surface area contributed by atoms with E-state index in [1.807, 2.05) is 36.4 Å². The summed E-state index contributed by atoms with van der Waals surface area (Å²) in [6, 6.07) is 26.7. The van der Waals surface area contributed by atoms with Gasteiger partial charge in [-0.3, -0.25) is 19.2 Å². The number of ether oxygens (including phenoxy) is 2. The van der Waals surface area contributed by atoms with Gasteiger partial charge in [-0.15, -0.1) is 0 Å². The number of hydrogen-bond donors (Lipinski definition) is 1. The molecule has 0 saturated heterocycles. The van der Waals surface area contributed by atoms with E-state index in [1.165, 1.54) is 28.5 Å². The highest BCUT2D eigenvalue weighted by Gasteiger charge is 2.55. The Labute approximate surface area is 292 Å². The van der Waals surface area contributed by atoms with E-state index in [-0.39, 0.29) is 36.1 Å². The van der Waals surface area contributed by atoms with Crippen molar-refractivity contribution in [2.45, 2.75) is 38.6 Å². The van der Waals surface area contributed by atoms with E-state index in [1.54, 1.807) is 69.6 Å². The maximum absolute atomic E-state index is 13.7. The maximum Gasteiger partial charge on any atom is 0.340 e. The van der Waals surface area contributed by atoms with Gasteiger partial charge in [-0.1, -0.05) is 80.6 Å². The zero-order chi connectivity index (χ0) is 36.2. The zero-order valence-corrected chi connectivity index (χ0v) is 29.1. The minimum atomic E-state index is -1.65. The van der Waals surface area contributed by atoms with E-state index in [9.17, 15) is 24.0 Å². The molecule has 1 atom stereocenters. The molecule has 0 bridgehead atoms. The van der Waals surface area contributed by atoms with Crippen molar-refractivity contribution in [3.05, 3.63) is 124 Å². The second-order valence-corrected chi connectivity index (χ2v) is 12.7. The third kappa shape index (κ3) is 6.87. The van der Waals surface area contributed by atoms with Gasteiger partial charge in [-0.2, -0.15) is 0 Å². The van der Waals surface area contributed by atoms with Crippen LogP contribution in [0.15, 0.2) is 91.0 Å². The predicted octanol–water partition coefficient (Wildman–Crippen LogP) is 6.06. The summed E-state index contributed by atoms with van der Waals surface area (Å²) in [7, 11) is 4.66. The first kappa shape index (κ1) is 35.5. The van der Waals surface area contributed by atoms with Crippen LogP contribution in [0.5, 0.6) is 0 Å². The minimum Gasteiger partial charge on any atom is -0.464 e. The van der Waals surface area contributed by atoms with Crippen molar-refractivity contribution in [1.82, 2.24) is 9.80 Å². The highest BCUT2D eigenvalue weighted by Crippen LogP contribution is 2.40. The van der Waals surface area contributed by atoms with E-state index < -0.39 is 30.0 Å². The summed E-state index contributed by atoms with van der Waals surface area (Å²) >= 11 is 0. The Bertz CT molecular complexity index is 1950. The molecule has 0 spiro atoms. The highest BCUT2D eigenvalue weighted by atomic mass is 16.6. The van der Waals surface area contributed by atoms with Crippen LogP contribution in [0.2, 0.25) is 0 Å². The van der Waals surface area contributed by atoms with Gasteiger partial charge in [0.2, 0.25) is 5.54 Å². The van der Waals surface area contributed by atoms with E-state index in [0.717, 1.165) is 11.1 Å². The Balaban J connectivity index is 1.37. The number of likely N-dealkylation sites (N-methyl/N-ethyl adjacent to an activating group) is 1. The van der Waals surface area contributed by atoms with E-state index in [0.29, 0.717) is 28.2 Å². The molecule has 1 aliphatic heterocycles. The SMILES string of the molecule is CCOC(=O)[C@]1(COC(=O)Cc2ccc(NC(=O)c3ccccc3-c3ccc(C(C)C)cc3)c(C(=O)N(C)C)c2)c2ccccc2C(=O)N1C. The van der Waals surface area contributed by atoms with Gasteiger partial charge in [0.15, 0.2) is 0 Å². The van der Waals surface area contributed by atoms with Crippen molar-refractivity contribution in [1.29, 1.82) is 0 Å². The number of anilines is 1. The van der Waals surface area contributed by atoms with Crippen molar-refractivity contribution in [3.63, 3.8) is 0 Å². The number of nitrogens with one attached hydrogen (secondary N) is 1. The molecule has 0 radical (unpaired) electrons. The van der Waals surface area contributed by atoms with Crippen LogP contribution in [-0.4, -0.2) is 73.8 Å². The topological polar surface area (TPSA) is 122 Å². The molecule has 1 N–H and O–H groups in total. The van der Waals surface area contributed by atoms with Crippen LogP contribution >= 0.6 is 0 Å². The summed E-state index contributed by atoms with van der Waals surface area (Å²) in [5, 5.41) is 2.90. The number of hydrogen-bond acceptors (Lipinski definition) is 7. The van der Waals surface area contributed by atoms with Crippen LogP contribution in [0.25, 0.3) is 11.1 Å². The lowest BCUT2D eigenvalue weighted by Gasteiger charge is -2.33. The quantitative estimate of drug-likeness (QED) is 0.192. The van der Waals surface area contributed by atoms with Gasteiger partial charge in [0, 0.05) is 37.8 Å². The number of nitrogens with zero attached hydrogens (tertiary/aromatic N) is 2. The average molecular weight is 676 g/mol. The summed E-state index contributed by atoms with van der Waals surface area (Å²) in [6.45, 7) is 5.51. The second kappa shape index (κ2) is 14.8. The molecule has 50 heavy (non-hydrogen) atoms. The zero-order valence-electron chi connectivity index (χ0n) is 29.1. The largest absolute Gasteiger partial charge is 0.464 e. The van der Waals surface area contributed by atoms with Crippen molar-refractivity contribution in [2.24, 2.45) is 0 Å². The molecule has 0 fully saturated rings. The number of benzene rings is 4.